The second-order valence-electron chi connectivity index (χ2n) is 4.22. The van der Waals surface area contributed by atoms with Crippen molar-refractivity contribution in [2.24, 2.45) is 5.10 Å². The van der Waals surface area contributed by atoms with E-state index in [0.717, 1.165) is 11.3 Å². The minimum atomic E-state index is 0.985. The average molecular weight is 239 g/mol. The number of hydrazone groups is 1. The van der Waals surface area contributed by atoms with Gasteiger partial charge in [0.2, 0.25) is 0 Å². The molecule has 0 spiro atoms. The number of anilines is 2. The number of hydrogen-bond acceptors (Lipinski definition) is 3. The fourth-order valence-electron chi connectivity index (χ4n) is 1.55. The normalized spacial score (nSPS) is 10.6. The molecule has 2 rings (SSSR count). The molecular weight excluding hydrogens is 222 g/mol. The molecule has 0 saturated heterocycles. The van der Waals surface area contributed by atoms with Crippen molar-refractivity contribution in [3.05, 3.63) is 60.2 Å². The van der Waals surface area contributed by atoms with Crippen LogP contribution in [0.5, 0.6) is 0 Å². The minimum absolute atomic E-state index is 0.985. The van der Waals surface area contributed by atoms with E-state index in [1.54, 1.807) is 0 Å². The maximum Gasteiger partial charge on any atom is 0.0561 e. The summed E-state index contributed by atoms with van der Waals surface area (Å²) in [7, 11) is 4.06. The molecule has 0 saturated carbocycles. The van der Waals surface area contributed by atoms with Crippen molar-refractivity contribution in [1.82, 2.24) is 0 Å². The molecule has 0 amide bonds. The predicted octanol–water partition coefficient (Wildman–Crippen LogP) is 3.20. The number of nitrogens with one attached hydrogen (secondary N) is 1. The monoisotopic (exact) mass is 239 g/mol. The molecule has 0 fully saturated rings. The highest BCUT2D eigenvalue weighted by molar-refractivity contribution is 5.80. The van der Waals surface area contributed by atoms with Crippen LogP contribution in [0.25, 0.3) is 0 Å². The topological polar surface area (TPSA) is 27.6 Å². The predicted molar refractivity (Wildman–Crippen MR) is 78.4 cm³/mol. The fraction of sp³-hybridized carbons (Fsp3) is 0.133. The molecule has 0 heterocycles. The lowest BCUT2D eigenvalue weighted by Gasteiger charge is -2.11. The van der Waals surface area contributed by atoms with E-state index in [9.17, 15) is 0 Å². The van der Waals surface area contributed by atoms with E-state index in [-0.39, 0.29) is 0 Å². The number of hydrogen-bond donors (Lipinski definition) is 1. The van der Waals surface area contributed by atoms with Gasteiger partial charge in [-0.2, -0.15) is 5.10 Å². The SMILES string of the molecule is CN(C)c1ccc(/C=N\Nc2ccccc2)cc1. The maximum atomic E-state index is 4.20. The van der Waals surface area contributed by atoms with Gasteiger partial charge in [0.15, 0.2) is 0 Å². The Balaban J connectivity index is 1.97. The summed E-state index contributed by atoms with van der Waals surface area (Å²) in [5.74, 6) is 0. The van der Waals surface area contributed by atoms with Crippen LogP contribution >= 0.6 is 0 Å². The van der Waals surface area contributed by atoms with Crippen LogP contribution in [-0.2, 0) is 0 Å². The zero-order valence-electron chi connectivity index (χ0n) is 10.7. The first-order valence-electron chi connectivity index (χ1n) is 5.87. The molecule has 0 aliphatic carbocycles. The van der Waals surface area contributed by atoms with E-state index in [4.69, 9.17) is 0 Å². The van der Waals surface area contributed by atoms with Crippen molar-refractivity contribution in [2.45, 2.75) is 0 Å². The van der Waals surface area contributed by atoms with E-state index in [0.29, 0.717) is 0 Å². The average Bonchev–Trinajstić information content (AvgIpc) is 2.40. The molecule has 2 aromatic carbocycles. The standard InChI is InChI=1S/C15H17N3/c1-18(2)15-10-8-13(9-11-15)12-16-17-14-6-4-3-5-7-14/h3-12,17H,1-2H3/b16-12-. The number of rotatable bonds is 4. The van der Waals surface area contributed by atoms with Crippen molar-refractivity contribution in [1.29, 1.82) is 0 Å². The number of para-hydroxylation sites is 1. The first kappa shape index (κ1) is 12.2. The molecular formula is C15H17N3. The van der Waals surface area contributed by atoms with Crippen molar-refractivity contribution in [2.75, 3.05) is 24.4 Å². The van der Waals surface area contributed by atoms with Crippen LogP contribution in [0.4, 0.5) is 11.4 Å². The summed E-state index contributed by atoms with van der Waals surface area (Å²) in [6, 6.07) is 18.1. The van der Waals surface area contributed by atoms with Gasteiger partial charge in [-0.1, -0.05) is 30.3 Å². The van der Waals surface area contributed by atoms with Gasteiger partial charge < -0.3 is 4.90 Å². The maximum absolute atomic E-state index is 4.20. The molecule has 3 nitrogen and oxygen atoms in total. The third kappa shape index (κ3) is 3.35. The first-order valence-corrected chi connectivity index (χ1v) is 5.87. The van der Waals surface area contributed by atoms with E-state index >= 15 is 0 Å². The van der Waals surface area contributed by atoms with E-state index in [1.165, 1.54) is 5.69 Å². The van der Waals surface area contributed by atoms with Crippen molar-refractivity contribution >= 4 is 17.6 Å². The van der Waals surface area contributed by atoms with Crippen LogP contribution in [0.1, 0.15) is 5.56 Å². The van der Waals surface area contributed by atoms with Crippen LogP contribution in [0.15, 0.2) is 59.7 Å². The zero-order valence-corrected chi connectivity index (χ0v) is 10.7. The Morgan fingerprint density at radius 2 is 1.61 bits per heavy atom. The van der Waals surface area contributed by atoms with Crippen LogP contribution in [0.3, 0.4) is 0 Å². The van der Waals surface area contributed by atoms with Gasteiger partial charge in [-0.05, 0) is 29.8 Å². The van der Waals surface area contributed by atoms with Gasteiger partial charge in [-0.15, -0.1) is 0 Å². The highest BCUT2D eigenvalue weighted by Crippen LogP contribution is 2.11. The van der Waals surface area contributed by atoms with Crippen LogP contribution < -0.4 is 10.3 Å². The summed E-state index contributed by atoms with van der Waals surface area (Å²) in [5.41, 5.74) is 6.23. The van der Waals surface area contributed by atoms with Gasteiger partial charge in [-0.3, -0.25) is 5.43 Å². The molecule has 0 radical (unpaired) electrons. The van der Waals surface area contributed by atoms with Crippen LogP contribution in [-0.4, -0.2) is 20.3 Å². The molecule has 0 unspecified atom stereocenters. The Labute approximate surface area is 108 Å². The summed E-state index contributed by atoms with van der Waals surface area (Å²) in [5, 5.41) is 4.20. The van der Waals surface area contributed by atoms with Gasteiger partial charge in [0.1, 0.15) is 0 Å². The summed E-state index contributed by atoms with van der Waals surface area (Å²) < 4.78 is 0. The Bertz CT molecular complexity index is 501. The van der Waals surface area contributed by atoms with Gasteiger partial charge in [0.05, 0.1) is 11.9 Å². The van der Waals surface area contributed by atoms with Gasteiger partial charge >= 0.3 is 0 Å². The third-order valence-electron chi connectivity index (χ3n) is 2.59. The summed E-state index contributed by atoms with van der Waals surface area (Å²) in [6.07, 6.45) is 1.81. The lowest BCUT2D eigenvalue weighted by Crippen LogP contribution is -2.08. The Morgan fingerprint density at radius 3 is 2.22 bits per heavy atom. The molecule has 1 N–H and O–H groups in total. The molecule has 0 aliphatic rings. The quantitative estimate of drug-likeness (QED) is 0.655. The molecule has 2 aromatic rings. The Kier molecular flexibility index (Phi) is 3.97. The second kappa shape index (κ2) is 5.87. The van der Waals surface area contributed by atoms with Crippen molar-refractivity contribution < 1.29 is 0 Å². The summed E-state index contributed by atoms with van der Waals surface area (Å²) in [4.78, 5) is 2.07. The fourth-order valence-corrected chi connectivity index (χ4v) is 1.55. The van der Waals surface area contributed by atoms with Gasteiger partial charge in [-0.25, -0.2) is 0 Å². The number of benzene rings is 2. The summed E-state index contributed by atoms with van der Waals surface area (Å²) >= 11 is 0. The number of nitrogens with zero attached hydrogens (tertiary/aromatic N) is 2. The zero-order chi connectivity index (χ0) is 12.8. The van der Waals surface area contributed by atoms with Gasteiger partial charge in [0, 0.05) is 19.8 Å². The van der Waals surface area contributed by atoms with Crippen molar-refractivity contribution in [3.63, 3.8) is 0 Å². The molecule has 3 heteroatoms. The smallest absolute Gasteiger partial charge is 0.0561 e. The highest BCUT2D eigenvalue weighted by Gasteiger charge is 1.93. The van der Waals surface area contributed by atoms with E-state index < -0.39 is 0 Å². The van der Waals surface area contributed by atoms with E-state index in [1.807, 2.05) is 62.8 Å². The molecule has 0 aromatic heterocycles. The Hall–Kier alpha value is -2.29. The third-order valence-corrected chi connectivity index (χ3v) is 2.59. The second-order valence-corrected chi connectivity index (χ2v) is 4.22. The van der Waals surface area contributed by atoms with E-state index in [2.05, 4.69) is 27.6 Å². The largest absolute Gasteiger partial charge is 0.378 e. The molecule has 0 atom stereocenters. The molecule has 0 aliphatic heterocycles. The lowest BCUT2D eigenvalue weighted by molar-refractivity contribution is 1.13. The molecule has 92 valence electrons. The molecule has 18 heavy (non-hydrogen) atoms. The molecule has 0 bridgehead atoms. The van der Waals surface area contributed by atoms with Crippen molar-refractivity contribution in [3.8, 4) is 0 Å². The summed E-state index contributed by atoms with van der Waals surface area (Å²) in [6.45, 7) is 0. The lowest BCUT2D eigenvalue weighted by atomic mass is 10.2. The minimum Gasteiger partial charge on any atom is -0.378 e. The van der Waals surface area contributed by atoms with Crippen LogP contribution in [0, 0.1) is 0 Å². The van der Waals surface area contributed by atoms with Crippen LogP contribution in [0.2, 0.25) is 0 Å². The highest BCUT2D eigenvalue weighted by atomic mass is 15.3. The first-order chi connectivity index (χ1) is 8.75. The Morgan fingerprint density at radius 1 is 0.944 bits per heavy atom. The van der Waals surface area contributed by atoms with Gasteiger partial charge in [0.25, 0.3) is 0 Å².